The highest BCUT2D eigenvalue weighted by atomic mass is 19.1. The summed E-state index contributed by atoms with van der Waals surface area (Å²) in [6.07, 6.45) is 4.54. The van der Waals surface area contributed by atoms with Crippen molar-refractivity contribution in [3.8, 4) is 0 Å². The summed E-state index contributed by atoms with van der Waals surface area (Å²) >= 11 is 0. The van der Waals surface area contributed by atoms with E-state index < -0.39 is 11.6 Å². The quantitative estimate of drug-likeness (QED) is 0.655. The molecule has 0 aliphatic heterocycles. The van der Waals surface area contributed by atoms with E-state index in [4.69, 9.17) is 0 Å². The second-order valence-electron chi connectivity index (χ2n) is 5.07. The van der Waals surface area contributed by atoms with E-state index in [2.05, 4.69) is 6.92 Å². The summed E-state index contributed by atoms with van der Waals surface area (Å²) in [5.74, 6) is 0.156. The Labute approximate surface area is 95.7 Å². The van der Waals surface area contributed by atoms with Crippen molar-refractivity contribution in [3.05, 3.63) is 34.9 Å². The summed E-state index contributed by atoms with van der Waals surface area (Å²) in [7, 11) is 0. The van der Waals surface area contributed by atoms with E-state index in [9.17, 15) is 8.78 Å². The number of halogens is 2. The Kier molecular flexibility index (Phi) is 3.27. The zero-order valence-electron chi connectivity index (χ0n) is 9.89. The summed E-state index contributed by atoms with van der Waals surface area (Å²) in [5.41, 5.74) is 1.50. The van der Waals surface area contributed by atoms with Crippen LogP contribution in [0.4, 0.5) is 8.78 Å². The molecule has 0 aromatic heterocycles. The predicted molar refractivity (Wildman–Crippen MR) is 61.5 cm³/mol. The Balaban J connectivity index is 2.32. The van der Waals surface area contributed by atoms with Gasteiger partial charge in [-0.2, -0.15) is 0 Å². The molecule has 2 rings (SSSR count). The van der Waals surface area contributed by atoms with Crippen LogP contribution in [0.15, 0.2) is 12.1 Å². The first-order valence-corrected chi connectivity index (χ1v) is 6.03. The van der Waals surface area contributed by atoms with E-state index in [0.29, 0.717) is 17.4 Å². The molecule has 0 heterocycles. The minimum absolute atomic E-state index is 0.342. The standard InChI is InChI=1S/C14H18F2/c1-9-4-3-5-11(6-9)13-7-12(15)8-14(16)10(13)2/h7-9,11H,3-6H2,1-2H3. The molecule has 1 aromatic carbocycles. The second kappa shape index (κ2) is 4.52. The highest BCUT2D eigenvalue weighted by molar-refractivity contribution is 5.31. The van der Waals surface area contributed by atoms with Crippen LogP contribution in [-0.2, 0) is 0 Å². The lowest BCUT2D eigenvalue weighted by atomic mass is 9.77. The van der Waals surface area contributed by atoms with Gasteiger partial charge in [-0.05, 0) is 48.8 Å². The van der Waals surface area contributed by atoms with E-state index in [-0.39, 0.29) is 0 Å². The van der Waals surface area contributed by atoms with Crippen LogP contribution in [0.1, 0.15) is 49.7 Å². The fraction of sp³-hybridized carbons (Fsp3) is 0.571. The average Bonchev–Trinajstić information content (AvgIpc) is 2.23. The van der Waals surface area contributed by atoms with Crippen LogP contribution in [0, 0.1) is 24.5 Å². The van der Waals surface area contributed by atoms with Crippen molar-refractivity contribution < 1.29 is 8.78 Å². The summed E-state index contributed by atoms with van der Waals surface area (Å²) in [5, 5.41) is 0. The smallest absolute Gasteiger partial charge is 0.129 e. The van der Waals surface area contributed by atoms with Gasteiger partial charge in [0.05, 0.1) is 0 Å². The summed E-state index contributed by atoms with van der Waals surface area (Å²) in [4.78, 5) is 0. The molecular formula is C14H18F2. The molecule has 2 unspecified atom stereocenters. The third-order valence-corrected chi connectivity index (χ3v) is 3.73. The van der Waals surface area contributed by atoms with E-state index in [1.54, 1.807) is 6.92 Å². The molecule has 0 radical (unpaired) electrons. The zero-order chi connectivity index (χ0) is 11.7. The first-order chi connectivity index (χ1) is 7.58. The maximum absolute atomic E-state index is 13.5. The molecule has 1 aliphatic rings. The van der Waals surface area contributed by atoms with Gasteiger partial charge in [0.1, 0.15) is 11.6 Å². The zero-order valence-corrected chi connectivity index (χ0v) is 9.89. The lowest BCUT2D eigenvalue weighted by Gasteiger charge is -2.28. The third-order valence-electron chi connectivity index (χ3n) is 3.73. The van der Waals surface area contributed by atoms with Gasteiger partial charge in [-0.25, -0.2) is 8.78 Å². The maximum atomic E-state index is 13.5. The van der Waals surface area contributed by atoms with Crippen molar-refractivity contribution in [2.45, 2.75) is 45.4 Å². The fourth-order valence-electron chi connectivity index (χ4n) is 2.81. The molecule has 0 saturated heterocycles. The molecule has 0 N–H and O–H groups in total. The Morgan fingerprint density at radius 2 is 1.94 bits per heavy atom. The summed E-state index contributed by atoms with van der Waals surface area (Å²) < 4.78 is 26.7. The maximum Gasteiger partial charge on any atom is 0.129 e. The Hall–Kier alpha value is -0.920. The molecule has 1 fully saturated rings. The molecule has 2 heteroatoms. The normalized spacial score (nSPS) is 25.8. The molecule has 16 heavy (non-hydrogen) atoms. The molecule has 1 aromatic rings. The first kappa shape index (κ1) is 11.6. The van der Waals surface area contributed by atoms with E-state index >= 15 is 0 Å². The van der Waals surface area contributed by atoms with Gasteiger partial charge in [-0.3, -0.25) is 0 Å². The third kappa shape index (κ3) is 2.26. The molecule has 0 nitrogen and oxygen atoms in total. The number of rotatable bonds is 1. The summed E-state index contributed by atoms with van der Waals surface area (Å²) in [6, 6.07) is 2.49. The van der Waals surface area contributed by atoms with Crippen molar-refractivity contribution in [3.63, 3.8) is 0 Å². The molecule has 0 amide bonds. The lowest BCUT2D eigenvalue weighted by molar-refractivity contribution is 0.342. The molecule has 88 valence electrons. The van der Waals surface area contributed by atoms with Gasteiger partial charge in [0.15, 0.2) is 0 Å². The van der Waals surface area contributed by atoms with E-state index in [1.165, 1.54) is 18.9 Å². The van der Waals surface area contributed by atoms with Crippen molar-refractivity contribution >= 4 is 0 Å². The Morgan fingerprint density at radius 1 is 1.19 bits per heavy atom. The van der Waals surface area contributed by atoms with Crippen LogP contribution >= 0.6 is 0 Å². The molecule has 1 aliphatic carbocycles. The molecule has 0 spiro atoms. The topological polar surface area (TPSA) is 0 Å². The monoisotopic (exact) mass is 224 g/mol. The highest BCUT2D eigenvalue weighted by Crippen LogP contribution is 2.37. The largest absolute Gasteiger partial charge is 0.207 e. The Morgan fingerprint density at radius 3 is 2.62 bits per heavy atom. The van der Waals surface area contributed by atoms with E-state index in [0.717, 1.165) is 24.5 Å². The Bertz CT molecular complexity index is 385. The van der Waals surface area contributed by atoms with Gasteiger partial charge in [0.25, 0.3) is 0 Å². The van der Waals surface area contributed by atoms with Gasteiger partial charge < -0.3 is 0 Å². The van der Waals surface area contributed by atoms with Crippen LogP contribution in [0.3, 0.4) is 0 Å². The lowest BCUT2D eigenvalue weighted by Crippen LogP contribution is -2.13. The molecule has 0 bridgehead atoms. The van der Waals surface area contributed by atoms with Crippen molar-refractivity contribution in [1.29, 1.82) is 0 Å². The van der Waals surface area contributed by atoms with Gasteiger partial charge in [0.2, 0.25) is 0 Å². The molecule has 1 saturated carbocycles. The van der Waals surface area contributed by atoms with Crippen LogP contribution in [0.25, 0.3) is 0 Å². The highest BCUT2D eigenvalue weighted by Gasteiger charge is 2.23. The summed E-state index contributed by atoms with van der Waals surface area (Å²) in [6.45, 7) is 3.97. The molecule has 2 atom stereocenters. The fourth-order valence-corrected chi connectivity index (χ4v) is 2.81. The first-order valence-electron chi connectivity index (χ1n) is 6.03. The second-order valence-corrected chi connectivity index (χ2v) is 5.07. The average molecular weight is 224 g/mol. The van der Waals surface area contributed by atoms with Crippen LogP contribution in [0.5, 0.6) is 0 Å². The van der Waals surface area contributed by atoms with Gasteiger partial charge in [-0.15, -0.1) is 0 Å². The minimum atomic E-state index is -0.448. The van der Waals surface area contributed by atoms with Crippen LogP contribution < -0.4 is 0 Å². The van der Waals surface area contributed by atoms with Gasteiger partial charge >= 0.3 is 0 Å². The minimum Gasteiger partial charge on any atom is -0.207 e. The van der Waals surface area contributed by atoms with Crippen LogP contribution in [0.2, 0.25) is 0 Å². The van der Waals surface area contributed by atoms with Gasteiger partial charge in [-0.1, -0.05) is 19.8 Å². The van der Waals surface area contributed by atoms with Crippen molar-refractivity contribution in [1.82, 2.24) is 0 Å². The SMILES string of the molecule is Cc1c(F)cc(F)cc1C1CCCC(C)C1. The number of benzene rings is 1. The van der Waals surface area contributed by atoms with Crippen LogP contribution in [-0.4, -0.2) is 0 Å². The number of hydrogen-bond donors (Lipinski definition) is 0. The van der Waals surface area contributed by atoms with Crippen molar-refractivity contribution in [2.75, 3.05) is 0 Å². The number of hydrogen-bond acceptors (Lipinski definition) is 0. The molecular weight excluding hydrogens is 206 g/mol. The van der Waals surface area contributed by atoms with Crippen molar-refractivity contribution in [2.24, 2.45) is 5.92 Å². The predicted octanol–water partition coefficient (Wildman–Crippen LogP) is 4.57. The van der Waals surface area contributed by atoms with E-state index in [1.807, 2.05) is 0 Å². The van der Waals surface area contributed by atoms with Gasteiger partial charge in [0, 0.05) is 6.07 Å².